The highest BCUT2D eigenvalue weighted by atomic mass is 16.6. The van der Waals surface area contributed by atoms with Crippen molar-refractivity contribution in [2.24, 2.45) is 0 Å². The fraction of sp³-hybridized carbons (Fsp3) is 0.278. The molecule has 27 heavy (non-hydrogen) atoms. The molecule has 0 radical (unpaired) electrons. The number of nitro groups is 1. The number of non-ortho nitro benzene ring substituents is 1. The number of hydrogen-bond acceptors (Lipinski definition) is 8. The van der Waals surface area contributed by atoms with E-state index in [-0.39, 0.29) is 33.7 Å². The van der Waals surface area contributed by atoms with E-state index in [0.717, 1.165) is 0 Å². The van der Waals surface area contributed by atoms with Crippen LogP contribution in [-0.2, 0) is 9.47 Å². The van der Waals surface area contributed by atoms with Crippen LogP contribution >= 0.6 is 0 Å². The van der Waals surface area contributed by atoms with Crippen molar-refractivity contribution in [2.45, 2.75) is 13.8 Å². The van der Waals surface area contributed by atoms with Crippen LogP contribution in [0.25, 0.3) is 11.1 Å². The number of methoxy groups -OCH3 is 3. The number of esters is 2. The Hall–Kier alpha value is -3.49. The number of nitrogens with zero attached hydrogens (tertiary/aromatic N) is 2. The van der Waals surface area contributed by atoms with Crippen LogP contribution in [0.2, 0.25) is 0 Å². The third-order valence-corrected chi connectivity index (χ3v) is 4.00. The maximum atomic E-state index is 12.4. The van der Waals surface area contributed by atoms with E-state index in [4.69, 9.17) is 14.2 Å². The van der Waals surface area contributed by atoms with Gasteiger partial charge in [-0.3, -0.25) is 15.1 Å². The van der Waals surface area contributed by atoms with Gasteiger partial charge >= 0.3 is 11.9 Å². The molecule has 0 bridgehead atoms. The van der Waals surface area contributed by atoms with Crippen molar-refractivity contribution in [1.82, 2.24) is 4.98 Å². The molecule has 0 saturated carbocycles. The number of aromatic nitrogens is 1. The molecule has 0 amide bonds. The average molecular weight is 374 g/mol. The van der Waals surface area contributed by atoms with E-state index in [0.29, 0.717) is 11.4 Å². The summed E-state index contributed by atoms with van der Waals surface area (Å²) < 4.78 is 15.0. The van der Waals surface area contributed by atoms with Gasteiger partial charge in [0.15, 0.2) is 0 Å². The molecule has 0 aliphatic heterocycles. The summed E-state index contributed by atoms with van der Waals surface area (Å²) in [5.74, 6) is -1.25. The van der Waals surface area contributed by atoms with Gasteiger partial charge in [-0.1, -0.05) is 0 Å². The van der Waals surface area contributed by atoms with Crippen molar-refractivity contribution in [3.05, 3.63) is 50.8 Å². The van der Waals surface area contributed by atoms with Gasteiger partial charge in [-0.25, -0.2) is 9.59 Å². The SMILES string of the molecule is COC(=O)c1c(C)nc(C)c(C(=O)OC)c1-c1cc([N+](=O)[O-])ccc1OC. The van der Waals surface area contributed by atoms with E-state index >= 15 is 0 Å². The Morgan fingerprint density at radius 2 is 1.52 bits per heavy atom. The van der Waals surface area contributed by atoms with Crippen molar-refractivity contribution in [3.8, 4) is 16.9 Å². The Morgan fingerprint density at radius 3 is 1.93 bits per heavy atom. The molecule has 9 nitrogen and oxygen atoms in total. The van der Waals surface area contributed by atoms with Crippen LogP contribution in [0.1, 0.15) is 32.1 Å². The van der Waals surface area contributed by atoms with Crippen LogP contribution in [0.3, 0.4) is 0 Å². The zero-order chi connectivity index (χ0) is 20.3. The standard InChI is InChI=1S/C18H18N2O7/c1-9-14(17(21)26-4)16(15(10(2)19-9)18(22)27-5)12-8-11(20(23)24)6-7-13(12)25-3/h6-8H,1-5H3. The number of benzene rings is 1. The highest BCUT2D eigenvalue weighted by molar-refractivity contribution is 6.08. The molecule has 0 aliphatic carbocycles. The number of nitro benzene ring substituents is 1. The van der Waals surface area contributed by atoms with Gasteiger partial charge in [0, 0.05) is 23.3 Å². The predicted octanol–water partition coefficient (Wildman–Crippen LogP) is 2.86. The molecular formula is C18H18N2O7. The molecule has 0 unspecified atom stereocenters. The third-order valence-electron chi connectivity index (χ3n) is 4.00. The van der Waals surface area contributed by atoms with Crippen LogP contribution in [0.5, 0.6) is 5.75 Å². The van der Waals surface area contributed by atoms with E-state index in [2.05, 4.69) is 4.98 Å². The second-order valence-electron chi connectivity index (χ2n) is 5.53. The van der Waals surface area contributed by atoms with Gasteiger partial charge in [-0.05, 0) is 19.9 Å². The molecule has 1 heterocycles. The predicted molar refractivity (Wildman–Crippen MR) is 95.0 cm³/mol. The zero-order valence-electron chi connectivity index (χ0n) is 15.5. The molecule has 2 aromatic rings. The van der Waals surface area contributed by atoms with Gasteiger partial charge in [-0.2, -0.15) is 0 Å². The van der Waals surface area contributed by atoms with E-state index in [9.17, 15) is 19.7 Å². The number of aryl methyl sites for hydroxylation is 2. The van der Waals surface area contributed by atoms with E-state index < -0.39 is 16.9 Å². The first-order valence-electron chi connectivity index (χ1n) is 7.77. The quantitative estimate of drug-likeness (QED) is 0.445. The Labute approximate surface area is 155 Å². The van der Waals surface area contributed by atoms with E-state index in [1.807, 2.05) is 0 Å². The van der Waals surface area contributed by atoms with Crippen LogP contribution in [0, 0.1) is 24.0 Å². The van der Waals surface area contributed by atoms with Crippen molar-refractivity contribution >= 4 is 17.6 Å². The molecule has 0 fully saturated rings. The van der Waals surface area contributed by atoms with E-state index in [1.54, 1.807) is 13.8 Å². The summed E-state index contributed by atoms with van der Waals surface area (Å²) in [6.07, 6.45) is 0. The van der Waals surface area contributed by atoms with Crippen molar-refractivity contribution < 1.29 is 28.7 Å². The fourth-order valence-corrected chi connectivity index (χ4v) is 2.83. The van der Waals surface area contributed by atoms with Gasteiger partial charge < -0.3 is 14.2 Å². The summed E-state index contributed by atoms with van der Waals surface area (Å²) in [5.41, 5.74) is 0.667. The summed E-state index contributed by atoms with van der Waals surface area (Å²) in [6, 6.07) is 3.88. The van der Waals surface area contributed by atoms with Crippen LogP contribution in [0.4, 0.5) is 5.69 Å². The molecule has 142 valence electrons. The molecule has 0 saturated heterocycles. The molecule has 0 atom stereocenters. The first kappa shape index (κ1) is 19.8. The lowest BCUT2D eigenvalue weighted by molar-refractivity contribution is -0.384. The van der Waals surface area contributed by atoms with Gasteiger partial charge in [-0.15, -0.1) is 0 Å². The van der Waals surface area contributed by atoms with Gasteiger partial charge in [0.25, 0.3) is 5.69 Å². The monoisotopic (exact) mass is 374 g/mol. The maximum absolute atomic E-state index is 12.4. The second kappa shape index (κ2) is 7.81. The molecule has 0 spiro atoms. The Balaban J connectivity index is 3.05. The first-order valence-corrected chi connectivity index (χ1v) is 7.77. The maximum Gasteiger partial charge on any atom is 0.340 e. The van der Waals surface area contributed by atoms with Gasteiger partial charge in [0.2, 0.25) is 0 Å². The minimum atomic E-state index is -0.742. The molecule has 1 aromatic carbocycles. The lowest BCUT2D eigenvalue weighted by Gasteiger charge is -2.18. The summed E-state index contributed by atoms with van der Waals surface area (Å²) in [5, 5.41) is 11.2. The summed E-state index contributed by atoms with van der Waals surface area (Å²) in [7, 11) is 3.75. The Bertz CT molecular complexity index is 898. The molecule has 0 N–H and O–H groups in total. The fourth-order valence-electron chi connectivity index (χ4n) is 2.83. The molecule has 9 heteroatoms. The highest BCUT2D eigenvalue weighted by Crippen LogP contribution is 2.39. The number of carbonyl (C=O) groups is 2. The average Bonchev–Trinajstić information content (AvgIpc) is 2.65. The normalized spacial score (nSPS) is 10.3. The van der Waals surface area contributed by atoms with Crippen LogP contribution < -0.4 is 4.74 Å². The molecule has 1 aromatic heterocycles. The van der Waals surface area contributed by atoms with Gasteiger partial charge in [0.05, 0.1) is 48.8 Å². The number of rotatable bonds is 5. The molecular weight excluding hydrogens is 356 g/mol. The second-order valence-corrected chi connectivity index (χ2v) is 5.53. The summed E-state index contributed by atoms with van der Waals surface area (Å²) in [6.45, 7) is 3.15. The number of hydrogen-bond donors (Lipinski definition) is 0. The number of carbonyl (C=O) groups excluding carboxylic acids is 2. The Morgan fingerprint density at radius 1 is 1.00 bits per heavy atom. The van der Waals surface area contributed by atoms with Gasteiger partial charge in [0.1, 0.15) is 5.75 Å². The molecule has 2 rings (SSSR count). The van der Waals surface area contributed by atoms with Crippen LogP contribution in [-0.4, -0.2) is 43.2 Å². The van der Waals surface area contributed by atoms with Crippen molar-refractivity contribution in [1.29, 1.82) is 0 Å². The minimum Gasteiger partial charge on any atom is -0.496 e. The Kier molecular flexibility index (Phi) is 5.74. The minimum absolute atomic E-state index is 0.00213. The zero-order valence-corrected chi connectivity index (χ0v) is 15.5. The number of ether oxygens (including phenoxy) is 3. The lowest BCUT2D eigenvalue weighted by Crippen LogP contribution is -2.16. The lowest BCUT2D eigenvalue weighted by atomic mass is 9.91. The smallest absolute Gasteiger partial charge is 0.340 e. The van der Waals surface area contributed by atoms with E-state index in [1.165, 1.54) is 39.5 Å². The first-order chi connectivity index (χ1) is 12.8. The summed E-state index contributed by atoms with van der Waals surface area (Å²) in [4.78, 5) is 39.8. The topological polar surface area (TPSA) is 118 Å². The summed E-state index contributed by atoms with van der Waals surface area (Å²) >= 11 is 0. The highest BCUT2D eigenvalue weighted by Gasteiger charge is 2.29. The molecule has 0 aliphatic rings. The third kappa shape index (κ3) is 3.57. The van der Waals surface area contributed by atoms with Crippen molar-refractivity contribution in [2.75, 3.05) is 21.3 Å². The largest absolute Gasteiger partial charge is 0.496 e. The number of pyridine rings is 1. The van der Waals surface area contributed by atoms with Crippen LogP contribution in [0.15, 0.2) is 18.2 Å². The van der Waals surface area contributed by atoms with Crippen molar-refractivity contribution in [3.63, 3.8) is 0 Å².